The molecule has 0 atom stereocenters. The first-order valence-corrected chi connectivity index (χ1v) is 7.07. The van der Waals surface area contributed by atoms with Crippen molar-refractivity contribution in [1.82, 2.24) is 24.6 Å². The predicted molar refractivity (Wildman–Crippen MR) is 63.3 cm³/mol. The molecule has 0 aliphatic rings. The number of hydrogen-bond donors (Lipinski definition) is 1. The standard InChI is InChI=1S/C8H6N6O2S2/c9-18(15,16)8-13-14-5(4-12-7(14)17-8)6-10-2-1-3-11-6/h1-4H,(H2,9,15,16). The largest absolute Gasteiger partial charge is 0.267 e. The number of sulfonamides is 1. The minimum absolute atomic E-state index is 0.192. The van der Waals surface area contributed by atoms with Gasteiger partial charge in [-0.15, -0.1) is 5.10 Å². The molecule has 0 spiro atoms. The van der Waals surface area contributed by atoms with Crippen LogP contribution < -0.4 is 5.14 Å². The molecule has 8 nitrogen and oxygen atoms in total. The topological polar surface area (TPSA) is 116 Å². The second kappa shape index (κ2) is 3.80. The van der Waals surface area contributed by atoms with Crippen LogP contribution in [0.3, 0.4) is 0 Å². The van der Waals surface area contributed by atoms with Gasteiger partial charge in [0.2, 0.25) is 9.30 Å². The zero-order valence-corrected chi connectivity index (χ0v) is 10.4. The number of hydrogen-bond acceptors (Lipinski definition) is 7. The van der Waals surface area contributed by atoms with E-state index in [-0.39, 0.29) is 4.34 Å². The van der Waals surface area contributed by atoms with E-state index in [1.807, 2.05) is 0 Å². The van der Waals surface area contributed by atoms with E-state index in [1.165, 1.54) is 10.7 Å². The summed E-state index contributed by atoms with van der Waals surface area (Å²) in [6, 6.07) is 1.68. The smallest absolute Gasteiger partial charge is 0.235 e. The molecule has 3 rings (SSSR count). The highest BCUT2D eigenvalue weighted by Crippen LogP contribution is 2.22. The third-order valence-electron chi connectivity index (χ3n) is 2.11. The van der Waals surface area contributed by atoms with E-state index in [0.29, 0.717) is 16.5 Å². The van der Waals surface area contributed by atoms with E-state index >= 15 is 0 Å². The van der Waals surface area contributed by atoms with Crippen LogP contribution in [0, 0.1) is 0 Å². The van der Waals surface area contributed by atoms with Crippen molar-refractivity contribution in [2.75, 3.05) is 0 Å². The van der Waals surface area contributed by atoms with E-state index in [2.05, 4.69) is 20.1 Å². The Morgan fingerprint density at radius 2 is 1.94 bits per heavy atom. The van der Waals surface area contributed by atoms with Gasteiger partial charge in [-0.3, -0.25) is 0 Å². The maximum Gasteiger partial charge on any atom is 0.267 e. The van der Waals surface area contributed by atoms with E-state index in [1.54, 1.807) is 18.5 Å². The molecule has 0 saturated heterocycles. The number of aromatic nitrogens is 5. The van der Waals surface area contributed by atoms with Gasteiger partial charge in [0.15, 0.2) is 5.82 Å². The van der Waals surface area contributed by atoms with Crippen molar-refractivity contribution in [2.45, 2.75) is 4.34 Å². The first kappa shape index (κ1) is 11.2. The normalized spacial score (nSPS) is 12.1. The van der Waals surface area contributed by atoms with Crippen LogP contribution in [0.1, 0.15) is 0 Å². The zero-order valence-electron chi connectivity index (χ0n) is 8.76. The van der Waals surface area contributed by atoms with Crippen LogP contribution in [0.25, 0.3) is 16.5 Å². The highest BCUT2D eigenvalue weighted by atomic mass is 32.2. The summed E-state index contributed by atoms with van der Waals surface area (Å²) in [5, 5.41) is 8.92. The van der Waals surface area contributed by atoms with Crippen molar-refractivity contribution in [3.8, 4) is 11.5 Å². The minimum atomic E-state index is -3.83. The average molecular weight is 282 g/mol. The van der Waals surface area contributed by atoms with Gasteiger partial charge in [0, 0.05) is 12.4 Å². The second-order valence-corrected chi connectivity index (χ2v) is 6.01. The van der Waals surface area contributed by atoms with E-state index in [9.17, 15) is 8.42 Å². The lowest BCUT2D eigenvalue weighted by Gasteiger charge is -1.94. The van der Waals surface area contributed by atoms with Crippen LogP contribution in [0.15, 0.2) is 29.0 Å². The second-order valence-electron chi connectivity index (χ2n) is 3.32. The Kier molecular flexibility index (Phi) is 2.36. The molecule has 0 amide bonds. The van der Waals surface area contributed by atoms with Gasteiger partial charge >= 0.3 is 0 Å². The Morgan fingerprint density at radius 3 is 2.61 bits per heavy atom. The molecule has 2 N–H and O–H groups in total. The van der Waals surface area contributed by atoms with Crippen LogP contribution in [0.5, 0.6) is 0 Å². The molecular weight excluding hydrogens is 276 g/mol. The van der Waals surface area contributed by atoms with Crippen molar-refractivity contribution in [3.63, 3.8) is 0 Å². The van der Waals surface area contributed by atoms with Gasteiger partial charge in [-0.25, -0.2) is 28.5 Å². The Morgan fingerprint density at radius 1 is 1.22 bits per heavy atom. The van der Waals surface area contributed by atoms with Crippen molar-refractivity contribution in [1.29, 1.82) is 0 Å². The fraction of sp³-hybridized carbons (Fsp3) is 0. The lowest BCUT2D eigenvalue weighted by atomic mass is 10.4. The number of nitrogens with zero attached hydrogens (tertiary/aromatic N) is 5. The van der Waals surface area contributed by atoms with Crippen molar-refractivity contribution >= 4 is 26.3 Å². The molecule has 0 radical (unpaired) electrons. The van der Waals surface area contributed by atoms with Crippen molar-refractivity contribution < 1.29 is 8.42 Å². The zero-order chi connectivity index (χ0) is 12.8. The number of primary sulfonamides is 1. The Labute approximate surface area is 105 Å². The van der Waals surface area contributed by atoms with Crippen molar-refractivity contribution in [2.24, 2.45) is 5.14 Å². The fourth-order valence-corrected chi connectivity index (χ4v) is 2.87. The SMILES string of the molecule is NS(=O)(=O)c1nn2c(-c3ncccn3)cnc2s1. The van der Waals surface area contributed by atoms with Gasteiger partial charge in [0.05, 0.1) is 6.20 Å². The predicted octanol–water partition coefficient (Wildman–Crippen LogP) is -0.105. The summed E-state index contributed by atoms with van der Waals surface area (Å²) >= 11 is 0.892. The third-order valence-corrected chi connectivity index (χ3v) is 4.34. The quantitative estimate of drug-likeness (QED) is 0.701. The molecule has 18 heavy (non-hydrogen) atoms. The lowest BCUT2D eigenvalue weighted by Crippen LogP contribution is -2.12. The van der Waals surface area contributed by atoms with Gasteiger partial charge in [-0.2, -0.15) is 4.52 Å². The van der Waals surface area contributed by atoms with Crippen LogP contribution >= 0.6 is 11.3 Å². The molecule has 0 fully saturated rings. The molecule has 10 heteroatoms. The van der Waals surface area contributed by atoms with Crippen LogP contribution in [0.4, 0.5) is 0 Å². The highest BCUT2D eigenvalue weighted by molar-refractivity contribution is 7.91. The van der Waals surface area contributed by atoms with Crippen LogP contribution in [-0.4, -0.2) is 33.0 Å². The molecule has 3 heterocycles. The Hall–Kier alpha value is -1.91. The first-order chi connectivity index (χ1) is 8.55. The summed E-state index contributed by atoms with van der Waals surface area (Å²) < 4.78 is 23.6. The summed E-state index contributed by atoms with van der Waals surface area (Å²) in [5.74, 6) is 0.413. The Balaban J connectivity index is 2.24. The van der Waals surface area contributed by atoms with Crippen LogP contribution in [-0.2, 0) is 10.0 Å². The van der Waals surface area contributed by atoms with Gasteiger partial charge < -0.3 is 0 Å². The number of rotatable bonds is 2. The van der Waals surface area contributed by atoms with E-state index < -0.39 is 10.0 Å². The fourth-order valence-electron chi connectivity index (χ4n) is 1.37. The maximum atomic E-state index is 11.2. The third kappa shape index (κ3) is 1.75. The van der Waals surface area contributed by atoms with Crippen molar-refractivity contribution in [3.05, 3.63) is 24.7 Å². The molecule has 0 aliphatic heterocycles. The lowest BCUT2D eigenvalue weighted by molar-refractivity contribution is 0.595. The average Bonchev–Trinajstić information content (AvgIpc) is 2.88. The molecule has 92 valence electrons. The molecule has 0 unspecified atom stereocenters. The summed E-state index contributed by atoms with van der Waals surface area (Å²) in [6.07, 6.45) is 4.68. The van der Waals surface area contributed by atoms with Gasteiger partial charge in [0.25, 0.3) is 10.0 Å². The number of fused-ring (bicyclic) bond motifs is 1. The molecule has 0 bridgehead atoms. The summed E-state index contributed by atoms with van der Waals surface area (Å²) in [4.78, 5) is 12.6. The summed E-state index contributed by atoms with van der Waals surface area (Å²) in [5.41, 5.74) is 0.511. The number of imidazole rings is 1. The molecule has 0 saturated carbocycles. The highest BCUT2D eigenvalue weighted by Gasteiger charge is 2.19. The first-order valence-electron chi connectivity index (χ1n) is 4.70. The maximum absolute atomic E-state index is 11.2. The Bertz CT molecular complexity index is 807. The molecular formula is C8H6N6O2S2. The summed E-state index contributed by atoms with van der Waals surface area (Å²) in [7, 11) is -3.83. The molecule has 0 aliphatic carbocycles. The minimum Gasteiger partial charge on any atom is -0.235 e. The summed E-state index contributed by atoms with van der Waals surface area (Å²) in [6.45, 7) is 0. The molecule has 3 aromatic rings. The molecule has 3 aromatic heterocycles. The van der Waals surface area contributed by atoms with Gasteiger partial charge in [-0.05, 0) is 6.07 Å². The number of nitrogens with two attached hydrogens (primary N) is 1. The van der Waals surface area contributed by atoms with Gasteiger partial charge in [-0.1, -0.05) is 11.3 Å². The van der Waals surface area contributed by atoms with E-state index in [0.717, 1.165) is 11.3 Å². The monoisotopic (exact) mass is 282 g/mol. The van der Waals surface area contributed by atoms with Crippen LogP contribution in [0.2, 0.25) is 0 Å². The van der Waals surface area contributed by atoms with Gasteiger partial charge in [0.1, 0.15) is 5.69 Å². The van der Waals surface area contributed by atoms with E-state index in [4.69, 9.17) is 5.14 Å². The molecule has 0 aromatic carbocycles.